The van der Waals surface area contributed by atoms with Crippen molar-refractivity contribution in [1.82, 2.24) is 5.43 Å². The Bertz CT molecular complexity index is 191. The Balaban J connectivity index is 4.34. The lowest BCUT2D eigenvalue weighted by Gasteiger charge is -2.19. The third-order valence-corrected chi connectivity index (χ3v) is 1.41. The van der Waals surface area contributed by atoms with E-state index in [9.17, 15) is 4.79 Å². The highest BCUT2D eigenvalue weighted by Gasteiger charge is 2.17. The summed E-state index contributed by atoms with van der Waals surface area (Å²) in [4.78, 5) is 10.5. The van der Waals surface area contributed by atoms with E-state index in [0.29, 0.717) is 6.54 Å². The van der Waals surface area contributed by atoms with E-state index in [1.165, 1.54) is 6.92 Å². The minimum Gasteiger partial charge on any atom is -0.325 e. The fraction of sp³-hybridized carbons (Fsp3) is 0.750. The van der Waals surface area contributed by atoms with Crippen molar-refractivity contribution in [3.8, 4) is 0 Å². The Hall–Kier alpha value is -0.900. The smallest absolute Gasteiger partial charge is 0.236 e. The zero-order valence-corrected chi connectivity index (χ0v) is 8.14. The second kappa shape index (κ2) is 4.21. The highest BCUT2D eigenvalue weighted by molar-refractivity contribution is 5.91. The summed E-state index contributed by atoms with van der Waals surface area (Å²) in [5.74, 6) is -0.176. The molecule has 0 aromatic rings. The first-order valence-electron chi connectivity index (χ1n) is 3.91. The van der Waals surface area contributed by atoms with Crippen molar-refractivity contribution in [3.05, 3.63) is 0 Å². The maximum atomic E-state index is 10.5. The van der Waals surface area contributed by atoms with Gasteiger partial charge in [0.25, 0.3) is 0 Å². The van der Waals surface area contributed by atoms with Gasteiger partial charge in [0, 0.05) is 18.9 Å². The lowest BCUT2D eigenvalue weighted by molar-refractivity contribution is -0.118. The van der Waals surface area contributed by atoms with E-state index >= 15 is 0 Å². The molecular formula is C8H17N3O. The molecule has 0 atom stereocenters. The molecule has 0 aliphatic carbocycles. The molecule has 0 heterocycles. The van der Waals surface area contributed by atoms with Gasteiger partial charge in [0.15, 0.2) is 0 Å². The molecule has 0 radical (unpaired) electrons. The normalized spacial score (nSPS) is 12.9. The number of amides is 1. The molecule has 0 aliphatic heterocycles. The van der Waals surface area contributed by atoms with Gasteiger partial charge in [-0.1, -0.05) is 20.8 Å². The van der Waals surface area contributed by atoms with Crippen LogP contribution in [0.5, 0.6) is 0 Å². The Morgan fingerprint density at radius 1 is 1.50 bits per heavy atom. The van der Waals surface area contributed by atoms with Crippen LogP contribution in [0.15, 0.2) is 5.10 Å². The first-order chi connectivity index (χ1) is 5.38. The Morgan fingerprint density at radius 2 is 2.00 bits per heavy atom. The number of hydrogen-bond donors (Lipinski definition) is 2. The highest BCUT2D eigenvalue weighted by atomic mass is 16.2. The number of rotatable bonds is 2. The number of hydrazone groups is 1. The molecule has 0 saturated heterocycles. The summed E-state index contributed by atoms with van der Waals surface area (Å²) in [7, 11) is 0. The zero-order chi connectivity index (χ0) is 9.78. The molecule has 4 nitrogen and oxygen atoms in total. The summed E-state index contributed by atoms with van der Waals surface area (Å²) in [6, 6.07) is 0. The summed E-state index contributed by atoms with van der Waals surface area (Å²) < 4.78 is 0. The zero-order valence-electron chi connectivity index (χ0n) is 8.14. The van der Waals surface area contributed by atoms with Gasteiger partial charge in [-0.15, -0.1) is 0 Å². The molecular weight excluding hydrogens is 154 g/mol. The monoisotopic (exact) mass is 171 g/mol. The van der Waals surface area contributed by atoms with Gasteiger partial charge in [0.2, 0.25) is 5.91 Å². The Morgan fingerprint density at radius 3 is 2.25 bits per heavy atom. The van der Waals surface area contributed by atoms with Gasteiger partial charge < -0.3 is 5.73 Å². The molecule has 0 fully saturated rings. The van der Waals surface area contributed by atoms with E-state index in [4.69, 9.17) is 5.73 Å². The molecule has 0 saturated carbocycles. The van der Waals surface area contributed by atoms with Crippen LogP contribution in [-0.2, 0) is 4.79 Å². The highest BCUT2D eigenvalue weighted by Crippen LogP contribution is 2.14. The van der Waals surface area contributed by atoms with Gasteiger partial charge in [0.1, 0.15) is 0 Å². The lowest BCUT2D eigenvalue weighted by atomic mass is 9.90. The molecule has 12 heavy (non-hydrogen) atoms. The molecule has 3 N–H and O–H groups in total. The fourth-order valence-electron chi connectivity index (χ4n) is 0.666. The molecule has 0 aromatic carbocycles. The van der Waals surface area contributed by atoms with Crippen molar-refractivity contribution in [1.29, 1.82) is 0 Å². The van der Waals surface area contributed by atoms with Crippen LogP contribution in [0.4, 0.5) is 0 Å². The van der Waals surface area contributed by atoms with Crippen molar-refractivity contribution in [2.45, 2.75) is 27.7 Å². The summed E-state index contributed by atoms with van der Waals surface area (Å²) >= 11 is 0. The maximum Gasteiger partial charge on any atom is 0.236 e. The van der Waals surface area contributed by atoms with Crippen LogP contribution in [0.1, 0.15) is 27.7 Å². The third-order valence-electron chi connectivity index (χ3n) is 1.41. The number of nitrogens with one attached hydrogen (secondary N) is 1. The number of nitrogens with zero attached hydrogens (tertiary/aromatic N) is 1. The largest absolute Gasteiger partial charge is 0.325 e. The summed E-state index contributed by atoms with van der Waals surface area (Å²) in [6.07, 6.45) is 0. The predicted molar refractivity (Wildman–Crippen MR) is 49.8 cm³/mol. The number of carbonyl (C=O) groups excluding carboxylic acids is 1. The van der Waals surface area contributed by atoms with Crippen LogP contribution in [0, 0.1) is 5.41 Å². The standard InChI is InChI=1S/C8H17N3O/c1-6(12)10-11-7(5-9)8(2,3)4/h5,9H2,1-4H3,(H,10,12)/b11-7+. The van der Waals surface area contributed by atoms with Crippen LogP contribution >= 0.6 is 0 Å². The van der Waals surface area contributed by atoms with E-state index in [0.717, 1.165) is 5.71 Å². The van der Waals surface area contributed by atoms with Crippen molar-refractivity contribution in [3.63, 3.8) is 0 Å². The van der Waals surface area contributed by atoms with Crippen molar-refractivity contribution >= 4 is 11.6 Å². The average Bonchev–Trinajstić information content (AvgIpc) is 1.85. The van der Waals surface area contributed by atoms with Crippen LogP contribution in [0.25, 0.3) is 0 Å². The second-order valence-electron chi connectivity index (χ2n) is 3.68. The number of hydrogen-bond acceptors (Lipinski definition) is 3. The summed E-state index contributed by atoms with van der Waals surface area (Å²) in [6.45, 7) is 7.78. The molecule has 1 amide bonds. The topological polar surface area (TPSA) is 67.5 Å². The second-order valence-corrected chi connectivity index (χ2v) is 3.68. The molecule has 0 aromatic heterocycles. The maximum absolute atomic E-state index is 10.5. The van der Waals surface area contributed by atoms with E-state index in [2.05, 4.69) is 10.5 Å². The van der Waals surface area contributed by atoms with Crippen LogP contribution < -0.4 is 11.2 Å². The van der Waals surface area contributed by atoms with Crippen LogP contribution in [0.3, 0.4) is 0 Å². The van der Waals surface area contributed by atoms with E-state index in [-0.39, 0.29) is 11.3 Å². The van der Waals surface area contributed by atoms with Gasteiger partial charge in [-0.05, 0) is 0 Å². The SMILES string of the molecule is CC(=O)N/N=C(\CN)C(C)(C)C. The molecule has 0 rings (SSSR count). The van der Waals surface area contributed by atoms with Crippen molar-refractivity contribution in [2.75, 3.05) is 6.54 Å². The molecule has 4 heteroatoms. The average molecular weight is 171 g/mol. The fourth-order valence-corrected chi connectivity index (χ4v) is 0.666. The first kappa shape index (κ1) is 11.1. The Kier molecular flexibility index (Phi) is 3.89. The van der Waals surface area contributed by atoms with Crippen molar-refractivity contribution < 1.29 is 4.79 Å². The van der Waals surface area contributed by atoms with Gasteiger partial charge in [-0.2, -0.15) is 5.10 Å². The Labute approximate surface area is 73.2 Å². The van der Waals surface area contributed by atoms with Crippen LogP contribution in [-0.4, -0.2) is 18.2 Å². The lowest BCUT2D eigenvalue weighted by Crippen LogP contribution is -2.31. The van der Waals surface area contributed by atoms with E-state index in [1.807, 2.05) is 20.8 Å². The molecule has 0 aliphatic rings. The number of carbonyl (C=O) groups is 1. The molecule has 0 unspecified atom stereocenters. The van der Waals surface area contributed by atoms with Crippen LogP contribution in [0.2, 0.25) is 0 Å². The molecule has 0 bridgehead atoms. The molecule has 0 spiro atoms. The van der Waals surface area contributed by atoms with Gasteiger partial charge >= 0.3 is 0 Å². The predicted octanol–water partition coefficient (Wildman–Crippen LogP) is 0.483. The summed E-state index contributed by atoms with van der Waals surface area (Å²) in [5, 5.41) is 3.91. The van der Waals surface area contributed by atoms with Gasteiger partial charge in [0.05, 0.1) is 5.71 Å². The van der Waals surface area contributed by atoms with Crippen molar-refractivity contribution in [2.24, 2.45) is 16.3 Å². The molecule has 70 valence electrons. The van der Waals surface area contributed by atoms with Gasteiger partial charge in [-0.3, -0.25) is 4.79 Å². The van der Waals surface area contributed by atoms with E-state index in [1.54, 1.807) is 0 Å². The first-order valence-corrected chi connectivity index (χ1v) is 3.91. The van der Waals surface area contributed by atoms with Gasteiger partial charge in [-0.25, -0.2) is 5.43 Å². The minimum absolute atomic E-state index is 0.0861. The third kappa shape index (κ3) is 4.08. The number of nitrogens with two attached hydrogens (primary N) is 1. The summed E-state index contributed by atoms with van der Waals surface area (Å²) in [5.41, 5.74) is 8.54. The van der Waals surface area contributed by atoms with E-state index < -0.39 is 0 Å². The minimum atomic E-state index is -0.176. The quantitative estimate of drug-likeness (QED) is 0.469.